The van der Waals surface area contributed by atoms with Gasteiger partial charge >= 0.3 is 0 Å². The van der Waals surface area contributed by atoms with E-state index >= 15 is 0 Å². The van der Waals surface area contributed by atoms with Crippen molar-refractivity contribution in [2.45, 2.75) is 6.92 Å². The van der Waals surface area contributed by atoms with E-state index in [1.807, 2.05) is 25.1 Å². The van der Waals surface area contributed by atoms with E-state index in [-0.39, 0.29) is 0 Å². The van der Waals surface area contributed by atoms with E-state index in [1.54, 1.807) is 6.07 Å². The first-order valence-corrected chi connectivity index (χ1v) is 5.13. The fourth-order valence-electron chi connectivity index (χ4n) is 1.35. The van der Waals surface area contributed by atoms with Gasteiger partial charge in [-0.15, -0.1) is 0 Å². The highest BCUT2D eigenvalue weighted by Gasteiger charge is 2.01. The van der Waals surface area contributed by atoms with Crippen LogP contribution in [-0.2, 0) is 0 Å². The molecule has 0 amide bonds. The van der Waals surface area contributed by atoms with Crippen LogP contribution in [0.3, 0.4) is 0 Å². The van der Waals surface area contributed by atoms with Gasteiger partial charge in [0.15, 0.2) is 0 Å². The van der Waals surface area contributed by atoms with Gasteiger partial charge in [0, 0.05) is 16.8 Å². The van der Waals surface area contributed by atoms with Crippen LogP contribution in [0.4, 0.5) is 17.3 Å². The molecule has 0 saturated heterocycles. The molecule has 0 atom stereocenters. The third-order valence-electron chi connectivity index (χ3n) is 2.14. The van der Waals surface area contributed by atoms with E-state index in [0.717, 1.165) is 11.3 Å². The smallest absolute Gasteiger partial charge is 0.135 e. The quantitative estimate of drug-likeness (QED) is 0.839. The second-order valence-electron chi connectivity index (χ2n) is 3.41. The Balaban J connectivity index is 2.27. The molecule has 0 aliphatic carbocycles. The molecule has 0 unspecified atom stereocenters. The van der Waals surface area contributed by atoms with E-state index in [2.05, 4.69) is 15.3 Å². The molecular weight excluding hydrogens is 224 g/mol. The lowest BCUT2D eigenvalue weighted by Gasteiger charge is -2.08. The summed E-state index contributed by atoms with van der Waals surface area (Å²) in [7, 11) is 0. The van der Waals surface area contributed by atoms with Crippen molar-refractivity contribution in [1.82, 2.24) is 9.97 Å². The number of hydrogen-bond acceptors (Lipinski definition) is 4. The highest BCUT2D eigenvalue weighted by molar-refractivity contribution is 6.30. The number of benzene rings is 1. The normalized spacial score (nSPS) is 10.1. The third kappa shape index (κ3) is 2.41. The summed E-state index contributed by atoms with van der Waals surface area (Å²) in [5.41, 5.74) is 7.55. The molecule has 0 bridgehead atoms. The highest BCUT2D eigenvalue weighted by Crippen LogP contribution is 2.22. The fourth-order valence-corrected chi connectivity index (χ4v) is 1.57. The SMILES string of the molecule is Cc1cc(Cl)ccc1Nc1cc(N)ncn1. The van der Waals surface area contributed by atoms with E-state index in [1.165, 1.54) is 6.33 Å². The summed E-state index contributed by atoms with van der Waals surface area (Å²) < 4.78 is 0. The Labute approximate surface area is 98.5 Å². The van der Waals surface area contributed by atoms with Gasteiger partial charge in [-0.25, -0.2) is 9.97 Å². The average Bonchev–Trinajstić information content (AvgIpc) is 2.22. The Bertz CT molecular complexity index is 513. The van der Waals surface area contributed by atoms with Crippen molar-refractivity contribution < 1.29 is 0 Å². The van der Waals surface area contributed by atoms with Gasteiger partial charge in [0.05, 0.1) is 0 Å². The number of nitrogens with two attached hydrogens (primary N) is 1. The first-order valence-electron chi connectivity index (χ1n) is 4.76. The lowest BCUT2D eigenvalue weighted by atomic mass is 10.2. The van der Waals surface area contributed by atoms with Gasteiger partial charge in [-0.2, -0.15) is 0 Å². The van der Waals surface area contributed by atoms with Crippen molar-refractivity contribution >= 4 is 28.9 Å². The zero-order valence-electron chi connectivity index (χ0n) is 8.74. The van der Waals surface area contributed by atoms with Crippen LogP contribution < -0.4 is 11.1 Å². The van der Waals surface area contributed by atoms with Crippen LogP contribution in [-0.4, -0.2) is 9.97 Å². The molecule has 0 saturated carbocycles. The summed E-state index contributed by atoms with van der Waals surface area (Å²) in [4.78, 5) is 7.89. The van der Waals surface area contributed by atoms with Gasteiger partial charge in [0.2, 0.25) is 0 Å². The second kappa shape index (κ2) is 4.37. The van der Waals surface area contributed by atoms with Crippen LogP contribution in [0.5, 0.6) is 0 Å². The van der Waals surface area contributed by atoms with Crippen molar-refractivity contribution in [3.05, 3.63) is 41.2 Å². The van der Waals surface area contributed by atoms with E-state index in [9.17, 15) is 0 Å². The molecule has 0 aliphatic rings. The Morgan fingerprint density at radius 1 is 1.25 bits per heavy atom. The Morgan fingerprint density at radius 2 is 2.06 bits per heavy atom. The van der Waals surface area contributed by atoms with E-state index in [0.29, 0.717) is 16.7 Å². The van der Waals surface area contributed by atoms with Crippen molar-refractivity contribution in [2.75, 3.05) is 11.1 Å². The predicted molar refractivity (Wildman–Crippen MR) is 65.9 cm³/mol. The number of aromatic nitrogens is 2. The number of halogens is 1. The van der Waals surface area contributed by atoms with Crippen molar-refractivity contribution in [3.8, 4) is 0 Å². The van der Waals surface area contributed by atoms with E-state index in [4.69, 9.17) is 17.3 Å². The van der Waals surface area contributed by atoms with Gasteiger partial charge in [-0.1, -0.05) is 11.6 Å². The largest absolute Gasteiger partial charge is 0.384 e. The average molecular weight is 235 g/mol. The Morgan fingerprint density at radius 3 is 2.75 bits per heavy atom. The van der Waals surface area contributed by atoms with Gasteiger partial charge in [-0.05, 0) is 30.7 Å². The van der Waals surface area contributed by atoms with Crippen LogP contribution in [0.15, 0.2) is 30.6 Å². The predicted octanol–water partition coefficient (Wildman–Crippen LogP) is 2.76. The third-order valence-corrected chi connectivity index (χ3v) is 2.37. The molecule has 0 fully saturated rings. The number of rotatable bonds is 2. The van der Waals surface area contributed by atoms with Crippen LogP contribution in [0, 0.1) is 6.92 Å². The summed E-state index contributed by atoms with van der Waals surface area (Å²) in [6.45, 7) is 1.97. The zero-order valence-corrected chi connectivity index (χ0v) is 9.49. The molecule has 16 heavy (non-hydrogen) atoms. The molecule has 3 N–H and O–H groups in total. The second-order valence-corrected chi connectivity index (χ2v) is 3.85. The fraction of sp³-hybridized carbons (Fsp3) is 0.0909. The zero-order chi connectivity index (χ0) is 11.5. The number of nitrogen functional groups attached to an aromatic ring is 1. The summed E-state index contributed by atoms with van der Waals surface area (Å²) >= 11 is 5.87. The number of hydrogen-bond donors (Lipinski definition) is 2. The summed E-state index contributed by atoms with van der Waals surface area (Å²) in [5.74, 6) is 1.10. The minimum atomic E-state index is 0.434. The molecule has 0 aliphatic heterocycles. The lowest BCUT2D eigenvalue weighted by molar-refractivity contribution is 1.17. The molecule has 1 aromatic carbocycles. The molecular formula is C11H11ClN4. The van der Waals surface area contributed by atoms with Crippen molar-refractivity contribution in [2.24, 2.45) is 0 Å². The first kappa shape index (κ1) is 10.7. The lowest BCUT2D eigenvalue weighted by Crippen LogP contribution is -1.98. The maximum Gasteiger partial charge on any atom is 0.135 e. The summed E-state index contributed by atoms with van der Waals surface area (Å²) in [6, 6.07) is 7.28. The maximum absolute atomic E-state index is 5.87. The Hall–Kier alpha value is -1.81. The number of anilines is 3. The Kier molecular flexibility index (Phi) is 2.92. The molecule has 1 heterocycles. The molecule has 2 aromatic rings. The van der Waals surface area contributed by atoms with Gasteiger partial charge < -0.3 is 11.1 Å². The van der Waals surface area contributed by atoms with Crippen LogP contribution in [0.1, 0.15) is 5.56 Å². The number of nitrogens with one attached hydrogen (secondary N) is 1. The van der Waals surface area contributed by atoms with E-state index < -0.39 is 0 Å². The van der Waals surface area contributed by atoms with Crippen molar-refractivity contribution in [1.29, 1.82) is 0 Å². The summed E-state index contributed by atoms with van der Waals surface area (Å²) in [6.07, 6.45) is 1.42. The highest BCUT2D eigenvalue weighted by atomic mass is 35.5. The molecule has 1 aromatic heterocycles. The van der Waals surface area contributed by atoms with Gasteiger partial charge in [0.25, 0.3) is 0 Å². The molecule has 82 valence electrons. The van der Waals surface area contributed by atoms with Crippen LogP contribution in [0.25, 0.3) is 0 Å². The van der Waals surface area contributed by atoms with Crippen LogP contribution >= 0.6 is 11.6 Å². The van der Waals surface area contributed by atoms with Crippen LogP contribution in [0.2, 0.25) is 5.02 Å². The molecule has 2 rings (SSSR count). The minimum absolute atomic E-state index is 0.434. The standard InChI is InChI=1S/C11H11ClN4/c1-7-4-8(12)2-3-9(7)16-11-5-10(13)14-6-15-11/h2-6H,1H3,(H3,13,14,15,16). The monoisotopic (exact) mass is 234 g/mol. The minimum Gasteiger partial charge on any atom is -0.384 e. The number of aryl methyl sites for hydroxylation is 1. The molecule has 0 spiro atoms. The van der Waals surface area contributed by atoms with Crippen molar-refractivity contribution in [3.63, 3.8) is 0 Å². The van der Waals surface area contributed by atoms with Gasteiger partial charge in [0.1, 0.15) is 18.0 Å². The van der Waals surface area contributed by atoms with Gasteiger partial charge in [-0.3, -0.25) is 0 Å². The maximum atomic E-state index is 5.87. The number of nitrogens with zero attached hydrogens (tertiary/aromatic N) is 2. The first-order chi connectivity index (χ1) is 7.65. The molecule has 5 heteroatoms. The molecule has 4 nitrogen and oxygen atoms in total. The topological polar surface area (TPSA) is 63.8 Å². The molecule has 0 radical (unpaired) electrons. The summed E-state index contributed by atoms with van der Waals surface area (Å²) in [5, 5.41) is 3.86.